The molecular formula is C38H41N3O5. The van der Waals surface area contributed by atoms with Crippen LogP contribution in [0.4, 0.5) is 5.69 Å². The van der Waals surface area contributed by atoms with Crippen LogP contribution in [0.5, 0.6) is 5.75 Å². The van der Waals surface area contributed by atoms with Crippen molar-refractivity contribution in [3.63, 3.8) is 0 Å². The van der Waals surface area contributed by atoms with Gasteiger partial charge in [0.1, 0.15) is 18.4 Å². The van der Waals surface area contributed by atoms with E-state index in [-0.39, 0.29) is 11.8 Å². The number of benzene rings is 3. The Hall–Kier alpha value is -4.85. The standard InChI is InChI=1S/C38H41N3O5/c1-38(2,3)35(37(45)39-27-17-13-24(14-18-27)15-20-32(42)43)40-36(44)26-16-19-28-30(23-26)41-21-22-46-31-12-8-7-11-29(31)34(41)33(28)25-9-5-4-6-10-25/h7-8,11-20,23,25,35H,4-6,9-10,21-22H2,1-3H3,(H,39,45)(H,40,44)(H,42,43). The summed E-state index contributed by atoms with van der Waals surface area (Å²) in [5.74, 6) is -0.331. The summed E-state index contributed by atoms with van der Waals surface area (Å²) in [7, 11) is 0. The third-order valence-corrected chi connectivity index (χ3v) is 9.09. The molecule has 0 spiro atoms. The molecule has 0 saturated heterocycles. The van der Waals surface area contributed by atoms with Crippen molar-refractivity contribution in [3.8, 4) is 17.0 Å². The van der Waals surface area contributed by atoms with Gasteiger partial charge < -0.3 is 25.0 Å². The Morgan fingerprint density at radius 3 is 2.43 bits per heavy atom. The number of carbonyl (C=O) groups excluding carboxylic acids is 2. The Balaban J connectivity index is 1.31. The fraction of sp³-hybridized carbons (Fsp3) is 0.342. The number of rotatable bonds is 7. The highest BCUT2D eigenvalue weighted by Gasteiger charge is 2.34. The van der Waals surface area contributed by atoms with Gasteiger partial charge in [0, 0.05) is 33.8 Å². The molecule has 8 nitrogen and oxygen atoms in total. The van der Waals surface area contributed by atoms with Gasteiger partial charge in [0.05, 0.1) is 12.2 Å². The molecule has 1 atom stereocenters. The first-order valence-corrected chi connectivity index (χ1v) is 16.1. The Labute approximate surface area is 269 Å². The SMILES string of the molecule is CC(C)(C)C(NC(=O)c1ccc2c(C3CCCCC3)c3n(c2c1)CCOc1ccccc1-3)C(=O)Nc1ccc(C=CC(=O)O)cc1. The lowest BCUT2D eigenvalue weighted by Crippen LogP contribution is -2.51. The summed E-state index contributed by atoms with van der Waals surface area (Å²) in [5.41, 5.74) is 5.83. The molecular weight excluding hydrogens is 578 g/mol. The number of carbonyl (C=O) groups is 3. The maximum absolute atomic E-state index is 13.8. The number of nitrogens with zero attached hydrogens (tertiary/aromatic N) is 1. The van der Waals surface area contributed by atoms with Gasteiger partial charge in [0.15, 0.2) is 0 Å². The molecule has 2 aliphatic rings. The first-order chi connectivity index (χ1) is 22.1. The number of fused-ring (bicyclic) bond motifs is 5. The zero-order valence-corrected chi connectivity index (χ0v) is 26.6. The second-order valence-electron chi connectivity index (χ2n) is 13.4. The van der Waals surface area contributed by atoms with Gasteiger partial charge in [-0.15, -0.1) is 0 Å². The maximum Gasteiger partial charge on any atom is 0.328 e. The first kappa shape index (κ1) is 31.1. The van der Waals surface area contributed by atoms with Crippen molar-refractivity contribution in [1.82, 2.24) is 9.88 Å². The molecule has 1 saturated carbocycles. The number of carboxylic acids is 1. The average Bonchev–Trinajstić information content (AvgIpc) is 3.23. The zero-order valence-electron chi connectivity index (χ0n) is 26.6. The topological polar surface area (TPSA) is 110 Å². The monoisotopic (exact) mass is 619 g/mol. The van der Waals surface area contributed by atoms with Crippen LogP contribution in [0.3, 0.4) is 0 Å². The molecule has 2 heterocycles. The molecule has 4 aromatic rings. The number of hydrogen-bond donors (Lipinski definition) is 3. The molecule has 1 aromatic heterocycles. The number of nitrogens with one attached hydrogen (secondary N) is 2. The Morgan fingerprint density at radius 1 is 0.978 bits per heavy atom. The van der Waals surface area contributed by atoms with Crippen molar-refractivity contribution in [2.24, 2.45) is 5.41 Å². The van der Waals surface area contributed by atoms with Crippen LogP contribution >= 0.6 is 0 Å². The highest BCUT2D eigenvalue weighted by atomic mass is 16.5. The van der Waals surface area contributed by atoms with E-state index < -0.39 is 17.4 Å². The Bertz CT molecular complexity index is 1810. The van der Waals surface area contributed by atoms with Crippen molar-refractivity contribution in [3.05, 3.63) is 89.5 Å². The molecule has 1 unspecified atom stereocenters. The molecule has 0 radical (unpaired) electrons. The van der Waals surface area contributed by atoms with Gasteiger partial charge >= 0.3 is 5.97 Å². The average molecular weight is 620 g/mol. The number of aliphatic carboxylic acids is 1. The summed E-state index contributed by atoms with van der Waals surface area (Å²) < 4.78 is 8.50. The normalized spacial score (nSPS) is 15.8. The maximum atomic E-state index is 13.8. The number of amides is 2. The van der Waals surface area contributed by atoms with E-state index in [4.69, 9.17) is 9.84 Å². The summed E-state index contributed by atoms with van der Waals surface area (Å²) in [6.45, 7) is 6.97. The smallest absolute Gasteiger partial charge is 0.328 e. The number of hydrogen-bond acceptors (Lipinski definition) is 4. The molecule has 0 bridgehead atoms. The summed E-state index contributed by atoms with van der Waals surface area (Å²) >= 11 is 0. The van der Waals surface area contributed by atoms with Gasteiger partial charge in [-0.05, 0) is 77.8 Å². The summed E-state index contributed by atoms with van der Waals surface area (Å²) in [6.07, 6.45) is 8.56. The molecule has 3 aromatic carbocycles. The van der Waals surface area contributed by atoms with Crippen molar-refractivity contribution >= 4 is 40.4 Å². The molecule has 3 N–H and O–H groups in total. The third-order valence-electron chi connectivity index (χ3n) is 9.09. The Morgan fingerprint density at radius 2 is 1.72 bits per heavy atom. The van der Waals surface area contributed by atoms with Crippen LogP contribution in [0.1, 0.15) is 80.3 Å². The van der Waals surface area contributed by atoms with E-state index >= 15 is 0 Å². The molecule has 8 heteroatoms. The van der Waals surface area contributed by atoms with Crippen LogP contribution in [0, 0.1) is 5.41 Å². The highest BCUT2D eigenvalue weighted by molar-refractivity contribution is 6.04. The molecule has 1 fully saturated rings. The van der Waals surface area contributed by atoms with Crippen LogP contribution in [-0.4, -0.2) is 40.1 Å². The minimum absolute atomic E-state index is 0.314. The molecule has 1 aliphatic carbocycles. The largest absolute Gasteiger partial charge is 0.491 e. The van der Waals surface area contributed by atoms with E-state index in [1.165, 1.54) is 42.0 Å². The van der Waals surface area contributed by atoms with Gasteiger partial charge in [-0.3, -0.25) is 9.59 Å². The Kier molecular flexibility index (Phi) is 8.71. The number of anilines is 1. The van der Waals surface area contributed by atoms with E-state index in [2.05, 4.69) is 33.4 Å². The van der Waals surface area contributed by atoms with Gasteiger partial charge in [0.2, 0.25) is 5.91 Å². The minimum Gasteiger partial charge on any atom is -0.491 e. The second kappa shape index (κ2) is 12.9. The molecule has 1 aliphatic heterocycles. The number of ether oxygens (including phenoxy) is 1. The summed E-state index contributed by atoms with van der Waals surface area (Å²) in [4.78, 5) is 38.2. The van der Waals surface area contributed by atoms with Crippen molar-refractivity contribution in [2.75, 3.05) is 11.9 Å². The molecule has 46 heavy (non-hydrogen) atoms. The minimum atomic E-state index is -1.03. The fourth-order valence-corrected chi connectivity index (χ4v) is 6.83. The van der Waals surface area contributed by atoms with Crippen LogP contribution < -0.4 is 15.4 Å². The third kappa shape index (κ3) is 6.43. The number of para-hydroxylation sites is 1. The summed E-state index contributed by atoms with van der Waals surface area (Å²) in [5, 5.41) is 16.0. The van der Waals surface area contributed by atoms with Crippen LogP contribution in [0.15, 0.2) is 72.8 Å². The quantitative estimate of drug-likeness (QED) is 0.184. The van der Waals surface area contributed by atoms with E-state index in [1.54, 1.807) is 24.3 Å². The van der Waals surface area contributed by atoms with Gasteiger partial charge in [0.25, 0.3) is 5.91 Å². The lowest BCUT2D eigenvalue weighted by atomic mass is 9.81. The van der Waals surface area contributed by atoms with E-state index in [0.29, 0.717) is 35.9 Å². The number of carboxylic acid groups (broad SMARTS) is 1. The van der Waals surface area contributed by atoms with E-state index in [1.807, 2.05) is 45.0 Å². The highest BCUT2D eigenvalue weighted by Crippen LogP contribution is 2.47. The first-order valence-electron chi connectivity index (χ1n) is 16.1. The number of aromatic nitrogens is 1. The predicted octanol–water partition coefficient (Wildman–Crippen LogP) is 7.63. The van der Waals surface area contributed by atoms with Gasteiger partial charge in [-0.25, -0.2) is 4.79 Å². The molecule has 238 valence electrons. The zero-order chi connectivity index (χ0) is 32.4. The predicted molar refractivity (Wildman–Crippen MR) is 181 cm³/mol. The molecule has 6 rings (SSSR count). The van der Waals surface area contributed by atoms with E-state index in [0.717, 1.165) is 35.7 Å². The van der Waals surface area contributed by atoms with Crippen molar-refractivity contribution in [1.29, 1.82) is 0 Å². The van der Waals surface area contributed by atoms with Crippen LogP contribution in [0.2, 0.25) is 0 Å². The van der Waals surface area contributed by atoms with Gasteiger partial charge in [-0.1, -0.05) is 70.4 Å². The van der Waals surface area contributed by atoms with Crippen molar-refractivity contribution in [2.45, 2.75) is 71.4 Å². The molecule has 2 amide bonds. The van der Waals surface area contributed by atoms with Crippen LogP contribution in [-0.2, 0) is 16.1 Å². The van der Waals surface area contributed by atoms with E-state index in [9.17, 15) is 14.4 Å². The van der Waals surface area contributed by atoms with Crippen molar-refractivity contribution < 1.29 is 24.2 Å². The second-order valence-corrected chi connectivity index (χ2v) is 13.4. The summed E-state index contributed by atoms with van der Waals surface area (Å²) in [6, 6.07) is 20.2. The fourth-order valence-electron chi connectivity index (χ4n) is 6.83. The lowest BCUT2D eigenvalue weighted by Gasteiger charge is -2.30. The van der Waals surface area contributed by atoms with Crippen LogP contribution in [0.25, 0.3) is 28.2 Å². The lowest BCUT2D eigenvalue weighted by molar-refractivity contribution is -0.131. The van der Waals surface area contributed by atoms with Gasteiger partial charge in [-0.2, -0.15) is 0 Å².